The lowest BCUT2D eigenvalue weighted by molar-refractivity contribution is 0.195. The van der Waals surface area contributed by atoms with Gasteiger partial charge in [-0.15, -0.1) is 11.3 Å². The van der Waals surface area contributed by atoms with Gasteiger partial charge in [0.15, 0.2) is 0 Å². The van der Waals surface area contributed by atoms with E-state index >= 15 is 0 Å². The molecule has 124 valence electrons. The summed E-state index contributed by atoms with van der Waals surface area (Å²) in [5.74, 6) is 0.724. The Labute approximate surface area is 143 Å². The van der Waals surface area contributed by atoms with Crippen LogP contribution in [0.1, 0.15) is 44.2 Å². The highest BCUT2D eigenvalue weighted by Crippen LogP contribution is 2.28. The smallest absolute Gasteiger partial charge is 0.0956 e. The van der Waals surface area contributed by atoms with E-state index in [0.29, 0.717) is 0 Å². The predicted molar refractivity (Wildman–Crippen MR) is 101 cm³/mol. The quantitative estimate of drug-likeness (QED) is 0.832. The average Bonchev–Trinajstić information content (AvgIpc) is 2.88. The lowest BCUT2D eigenvalue weighted by Gasteiger charge is -2.31. The van der Waals surface area contributed by atoms with Gasteiger partial charge in [0, 0.05) is 24.2 Å². The first-order valence-electron chi connectivity index (χ1n) is 8.46. The third-order valence-electron chi connectivity index (χ3n) is 5.03. The number of aromatic nitrogens is 1. The number of fused-ring (bicyclic) bond motifs is 1. The van der Waals surface area contributed by atoms with E-state index in [-0.39, 0.29) is 5.54 Å². The Balaban J connectivity index is 1.86. The molecule has 1 aromatic heterocycles. The number of hydrogen-bond donors (Lipinski definition) is 0. The summed E-state index contributed by atoms with van der Waals surface area (Å²) in [5.41, 5.74) is 3.76. The molecule has 0 amide bonds. The van der Waals surface area contributed by atoms with Gasteiger partial charge in [-0.05, 0) is 64.4 Å². The molecule has 3 rings (SSSR count). The molecule has 2 aromatic rings. The Morgan fingerprint density at radius 1 is 1.30 bits per heavy atom. The van der Waals surface area contributed by atoms with E-state index in [9.17, 15) is 0 Å². The molecule has 0 spiro atoms. The largest absolute Gasteiger partial charge is 0.304 e. The van der Waals surface area contributed by atoms with E-state index in [1.165, 1.54) is 27.4 Å². The molecule has 3 nitrogen and oxygen atoms in total. The van der Waals surface area contributed by atoms with Gasteiger partial charge in [-0.2, -0.15) is 0 Å². The molecule has 1 atom stereocenters. The van der Waals surface area contributed by atoms with Gasteiger partial charge in [0.05, 0.1) is 15.2 Å². The molecule has 0 aliphatic carbocycles. The summed E-state index contributed by atoms with van der Waals surface area (Å²) in [6.45, 7) is 7.78. The van der Waals surface area contributed by atoms with Gasteiger partial charge >= 0.3 is 0 Å². The topological polar surface area (TPSA) is 28.5 Å². The van der Waals surface area contributed by atoms with Crippen molar-refractivity contribution in [1.82, 2.24) is 9.88 Å². The molecule has 2 heterocycles. The first kappa shape index (κ1) is 16.6. The maximum Gasteiger partial charge on any atom is 0.0956 e. The highest BCUT2D eigenvalue weighted by Gasteiger charge is 2.23. The minimum atomic E-state index is 0.125. The first-order chi connectivity index (χ1) is 10.8. The van der Waals surface area contributed by atoms with Crippen molar-refractivity contribution < 1.29 is 0 Å². The number of hydrogen-bond acceptors (Lipinski definition) is 4. The second kappa shape index (κ2) is 6.33. The first-order valence-corrected chi connectivity index (χ1v) is 9.27. The fourth-order valence-corrected chi connectivity index (χ4v) is 3.98. The molecule has 23 heavy (non-hydrogen) atoms. The zero-order valence-corrected chi connectivity index (χ0v) is 15.7. The normalized spacial score (nSPS) is 19.4. The van der Waals surface area contributed by atoms with E-state index in [0.717, 1.165) is 30.8 Å². The molecule has 0 N–H and O–H groups in total. The lowest BCUT2D eigenvalue weighted by atomic mass is 9.96. The summed E-state index contributed by atoms with van der Waals surface area (Å²) in [6.07, 6.45) is 3.32. The fourth-order valence-electron chi connectivity index (χ4n) is 2.81. The maximum atomic E-state index is 4.89. The number of nitrogens with zero attached hydrogens (tertiary/aromatic N) is 3. The summed E-state index contributed by atoms with van der Waals surface area (Å²) < 4.78 is 1.28. The van der Waals surface area contributed by atoms with Gasteiger partial charge < -0.3 is 4.90 Å². The molecule has 0 saturated carbocycles. The van der Waals surface area contributed by atoms with Gasteiger partial charge in [0.1, 0.15) is 0 Å². The van der Waals surface area contributed by atoms with Crippen LogP contribution in [0.25, 0.3) is 10.2 Å². The van der Waals surface area contributed by atoms with Crippen LogP contribution in [-0.4, -0.2) is 41.8 Å². The van der Waals surface area contributed by atoms with Crippen LogP contribution in [0.15, 0.2) is 23.2 Å². The van der Waals surface area contributed by atoms with Gasteiger partial charge in [0.2, 0.25) is 0 Å². The standard InChI is InChI=1S/C19H27N3S/c1-13-6-8-15(20-12-13)14-7-9-17-16(10-14)21-18(23-17)11-19(2,3)22(4)5/h7,9-10,13H,6,8,11-12H2,1-5H3/t13-/m0/s1. The minimum Gasteiger partial charge on any atom is -0.304 e. The van der Waals surface area contributed by atoms with E-state index < -0.39 is 0 Å². The van der Waals surface area contributed by atoms with Crippen LogP contribution < -0.4 is 0 Å². The molecular weight excluding hydrogens is 302 g/mol. The highest BCUT2D eigenvalue weighted by atomic mass is 32.1. The van der Waals surface area contributed by atoms with Crippen LogP contribution in [0, 0.1) is 5.92 Å². The molecule has 0 saturated heterocycles. The van der Waals surface area contributed by atoms with Gasteiger partial charge in [-0.3, -0.25) is 4.99 Å². The van der Waals surface area contributed by atoms with Crippen LogP contribution >= 0.6 is 11.3 Å². The molecule has 1 aliphatic heterocycles. The van der Waals surface area contributed by atoms with Crippen molar-refractivity contribution in [2.24, 2.45) is 10.9 Å². The Morgan fingerprint density at radius 2 is 2.09 bits per heavy atom. The van der Waals surface area contributed by atoms with Crippen molar-refractivity contribution in [2.75, 3.05) is 20.6 Å². The highest BCUT2D eigenvalue weighted by molar-refractivity contribution is 7.18. The summed E-state index contributed by atoms with van der Waals surface area (Å²) in [6, 6.07) is 6.66. The predicted octanol–water partition coefficient (Wildman–Crippen LogP) is 4.40. The van der Waals surface area contributed by atoms with E-state index in [1.54, 1.807) is 0 Å². The summed E-state index contributed by atoms with van der Waals surface area (Å²) in [7, 11) is 4.27. The number of rotatable bonds is 4. The summed E-state index contributed by atoms with van der Waals surface area (Å²) in [4.78, 5) is 11.9. The van der Waals surface area contributed by atoms with Crippen LogP contribution in [0.4, 0.5) is 0 Å². The van der Waals surface area contributed by atoms with Crippen LogP contribution in [-0.2, 0) is 6.42 Å². The Bertz CT molecular complexity index is 727. The third-order valence-corrected chi connectivity index (χ3v) is 6.06. The van der Waals surface area contributed by atoms with E-state index in [4.69, 9.17) is 9.98 Å². The van der Waals surface area contributed by atoms with Crippen molar-refractivity contribution in [2.45, 2.75) is 45.6 Å². The molecule has 0 unspecified atom stereocenters. The molecular formula is C19H27N3S. The summed E-state index contributed by atoms with van der Waals surface area (Å²) >= 11 is 1.82. The van der Waals surface area contributed by atoms with Crippen molar-refractivity contribution in [3.05, 3.63) is 28.8 Å². The summed E-state index contributed by atoms with van der Waals surface area (Å²) in [5, 5.41) is 1.22. The molecule has 4 heteroatoms. The van der Waals surface area contributed by atoms with Crippen molar-refractivity contribution in [3.63, 3.8) is 0 Å². The number of benzene rings is 1. The second-order valence-electron chi connectivity index (χ2n) is 7.60. The van der Waals surface area contributed by atoms with Crippen LogP contribution in [0.3, 0.4) is 0 Å². The van der Waals surface area contributed by atoms with Gasteiger partial charge in [0.25, 0.3) is 0 Å². The van der Waals surface area contributed by atoms with Crippen molar-refractivity contribution in [1.29, 1.82) is 0 Å². The minimum absolute atomic E-state index is 0.125. The maximum absolute atomic E-state index is 4.89. The van der Waals surface area contributed by atoms with Crippen molar-refractivity contribution >= 4 is 27.3 Å². The monoisotopic (exact) mass is 329 g/mol. The third kappa shape index (κ3) is 3.64. The van der Waals surface area contributed by atoms with Crippen LogP contribution in [0.5, 0.6) is 0 Å². The van der Waals surface area contributed by atoms with E-state index in [2.05, 4.69) is 58.0 Å². The molecule has 0 bridgehead atoms. The van der Waals surface area contributed by atoms with Crippen molar-refractivity contribution in [3.8, 4) is 0 Å². The average molecular weight is 330 g/mol. The zero-order valence-electron chi connectivity index (χ0n) is 14.9. The number of thiazole rings is 1. The molecule has 1 aliphatic rings. The molecule has 0 fully saturated rings. The Morgan fingerprint density at radius 3 is 2.74 bits per heavy atom. The lowest BCUT2D eigenvalue weighted by Crippen LogP contribution is -2.40. The van der Waals surface area contributed by atoms with Crippen LogP contribution in [0.2, 0.25) is 0 Å². The van der Waals surface area contributed by atoms with Gasteiger partial charge in [-0.1, -0.05) is 13.0 Å². The van der Waals surface area contributed by atoms with Gasteiger partial charge in [-0.25, -0.2) is 4.98 Å². The second-order valence-corrected chi connectivity index (χ2v) is 8.72. The Hall–Kier alpha value is -1.26. The molecule has 1 aromatic carbocycles. The fraction of sp³-hybridized carbons (Fsp3) is 0.579. The molecule has 0 radical (unpaired) electrons. The zero-order chi connectivity index (χ0) is 16.6. The SMILES string of the molecule is C[C@H]1CCC(c2ccc3sc(CC(C)(C)N(C)C)nc3c2)=NC1. The Kier molecular flexibility index (Phi) is 4.56. The number of likely N-dealkylation sites (N-methyl/N-ethyl adjacent to an activating group) is 1. The number of aliphatic imine (C=N–C) groups is 1. The van der Waals surface area contributed by atoms with E-state index in [1.807, 2.05) is 11.3 Å².